The van der Waals surface area contributed by atoms with E-state index in [1.807, 2.05) is 12.1 Å². The second-order valence-corrected chi connectivity index (χ2v) is 6.33. The van der Waals surface area contributed by atoms with Crippen molar-refractivity contribution in [1.82, 2.24) is 0 Å². The number of Topliss-reactive ketones (excluding diaryl/α,β-unsaturated/α-hetero) is 1. The molecule has 2 rings (SSSR count). The standard InChI is InChI=1S/C16H24O3S/c1-2-3-4-5-6-7-8-13(17)14-9-10-15(20-14)16-18-11-12-19-16/h9-10,16H,2-8,11-12H2,1H3. The molecule has 1 fully saturated rings. The monoisotopic (exact) mass is 296 g/mol. The first-order valence-corrected chi connectivity index (χ1v) is 8.49. The Morgan fingerprint density at radius 2 is 1.85 bits per heavy atom. The van der Waals surface area contributed by atoms with Gasteiger partial charge in [0.05, 0.1) is 23.0 Å². The molecule has 0 N–H and O–H groups in total. The minimum atomic E-state index is -0.254. The van der Waals surface area contributed by atoms with Gasteiger partial charge in [-0.25, -0.2) is 0 Å². The van der Waals surface area contributed by atoms with E-state index < -0.39 is 0 Å². The molecular formula is C16H24O3S. The molecule has 1 aromatic heterocycles. The van der Waals surface area contributed by atoms with Crippen LogP contribution in [0.1, 0.15) is 72.7 Å². The first kappa shape index (κ1) is 15.7. The number of thiophene rings is 1. The van der Waals surface area contributed by atoms with Gasteiger partial charge in [-0.05, 0) is 18.6 Å². The van der Waals surface area contributed by atoms with Crippen LogP contribution in [0.15, 0.2) is 12.1 Å². The maximum atomic E-state index is 12.1. The van der Waals surface area contributed by atoms with Gasteiger partial charge in [0.15, 0.2) is 12.1 Å². The van der Waals surface area contributed by atoms with Gasteiger partial charge >= 0.3 is 0 Å². The van der Waals surface area contributed by atoms with Gasteiger partial charge in [-0.1, -0.05) is 39.0 Å². The van der Waals surface area contributed by atoms with E-state index in [2.05, 4.69) is 6.92 Å². The third kappa shape index (κ3) is 4.69. The van der Waals surface area contributed by atoms with Crippen LogP contribution in [0.25, 0.3) is 0 Å². The number of carbonyl (C=O) groups is 1. The third-order valence-corrected chi connectivity index (χ3v) is 4.66. The van der Waals surface area contributed by atoms with E-state index in [4.69, 9.17) is 9.47 Å². The van der Waals surface area contributed by atoms with E-state index in [0.717, 1.165) is 16.2 Å². The smallest absolute Gasteiger partial charge is 0.193 e. The normalized spacial score (nSPS) is 15.8. The molecule has 0 bridgehead atoms. The largest absolute Gasteiger partial charge is 0.345 e. The lowest BCUT2D eigenvalue weighted by Gasteiger charge is -2.04. The van der Waals surface area contributed by atoms with Crippen LogP contribution >= 0.6 is 11.3 Å². The van der Waals surface area contributed by atoms with E-state index in [0.29, 0.717) is 19.6 Å². The molecule has 112 valence electrons. The minimum Gasteiger partial charge on any atom is -0.345 e. The summed E-state index contributed by atoms with van der Waals surface area (Å²) in [5, 5.41) is 0. The molecular weight excluding hydrogens is 272 g/mol. The Kier molecular flexibility index (Phi) is 6.70. The molecule has 0 radical (unpaired) electrons. The molecule has 0 saturated carbocycles. The van der Waals surface area contributed by atoms with Crippen LogP contribution in [0.3, 0.4) is 0 Å². The summed E-state index contributed by atoms with van der Waals surface area (Å²) in [6.07, 6.45) is 7.70. The number of carbonyl (C=O) groups excluding carboxylic acids is 1. The third-order valence-electron chi connectivity index (χ3n) is 3.51. The van der Waals surface area contributed by atoms with Crippen LogP contribution in [0.4, 0.5) is 0 Å². The van der Waals surface area contributed by atoms with Crippen molar-refractivity contribution in [2.24, 2.45) is 0 Å². The second-order valence-electron chi connectivity index (χ2n) is 5.22. The number of rotatable bonds is 9. The number of ketones is 1. The Balaban J connectivity index is 1.69. The fourth-order valence-corrected chi connectivity index (χ4v) is 3.32. The van der Waals surface area contributed by atoms with Crippen molar-refractivity contribution in [3.05, 3.63) is 21.9 Å². The molecule has 0 aromatic carbocycles. The van der Waals surface area contributed by atoms with E-state index in [1.54, 1.807) is 0 Å². The summed E-state index contributed by atoms with van der Waals surface area (Å²) in [4.78, 5) is 13.9. The lowest BCUT2D eigenvalue weighted by Crippen LogP contribution is -1.96. The Hall–Kier alpha value is -0.710. The van der Waals surface area contributed by atoms with Crippen molar-refractivity contribution in [3.63, 3.8) is 0 Å². The summed E-state index contributed by atoms with van der Waals surface area (Å²) in [6.45, 7) is 3.50. The zero-order valence-corrected chi connectivity index (χ0v) is 13.0. The molecule has 1 saturated heterocycles. The maximum absolute atomic E-state index is 12.1. The first-order valence-electron chi connectivity index (χ1n) is 7.67. The summed E-state index contributed by atoms with van der Waals surface area (Å²) in [5.74, 6) is 0.259. The fraction of sp³-hybridized carbons (Fsp3) is 0.688. The van der Waals surface area contributed by atoms with Gasteiger partial charge in [0.2, 0.25) is 0 Å². The average molecular weight is 296 g/mol. The van der Waals surface area contributed by atoms with Gasteiger partial charge in [-0.2, -0.15) is 0 Å². The highest BCUT2D eigenvalue weighted by molar-refractivity contribution is 7.14. The van der Waals surface area contributed by atoms with Crippen molar-refractivity contribution in [1.29, 1.82) is 0 Å². The summed E-state index contributed by atoms with van der Waals surface area (Å²) >= 11 is 1.51. The average Bonchev–Trinajstić information content (AvgIpc) is 3.12. The van der Waals surface area contributed by atoms with Crippen molar-refractivity contribution in [3.8, 4) is 0 Å². The molecule has 0 unspecified atom stereocenters. The zero-order valence-electron chi connectivity index (χ0n) is 12.2. The number of ether oxygens (including phenoxy) is 2. The quantitative estimate of drug-likeness (QED) is 0.488. The van der Waals surface area contributed by atoms with E-state index >= 15 is 0 Å². The number of hydrogen-bond acceptors (Lipinski definition) is 4. The van der Waals surface area contributed by atoms with Gasteiger partial charge < -0.3 is 9.47 Å². The lowest BCUT2D eigenvalue weighted by atomic mass is 10.1. The van der Waals surface area contributed by atoms with Crippen LogP contribution in [-0.2, 0) is 9.47 Å². The molecule has 0 amide bonds. The van der Waals surface area contributed by atoms with Crippen molar-refractivity contribution >= 4 is 17.1 Å². The Labute approximate surface area is 125 Å². The predicted molar refractivity (Wildman–Crippen MR) is 81.3 cm³/mol. The number of hydrogen-bond donors (Lipinski definition) is 0. The van der Waals surface area contributed by atoms with E-state index in [9.17, 15) is 4.79 Å². The van der Waals surface area contributed by atoms with E-state index in [-0.39, 0.29) is 12.1 Å². The maximum Gasteiger partial charge on any atom is 0.193 e. The zero-order chi connectivity index (χ0) is 14.2. The van der Waals surface area contributed by atoms with Gasteiger partial charge in [-0.15, -0.1) is 11.3 Å². The predicted octanol–water partition coefficient (Wildman–Crippen LogP) is 4.73. The highest BCUT2D eigenvalue weighted by Gasteiger charge is 2.21. The van der Waals surface area contributed by atoms with Gasteiger partial charge in [0, 0.05) is 6.42 Å². The summed E-state index contributed by atoms with van der Waals surface area (Å²) in [5.41, 5.74) is 0. The molecule has 1 aliphatic heterocycles. The molecule has 3 nitrogen and oxygen atoms in total. The van der Waals surface area contributed by atoms with Crippen molar-refractivity contribution < 1.29 is 14.3 Å². The summed E-state index contributed by atoms with van der Waals surface area (Å²) in [7, 11) is 0. The van der Waals surface area contributed by atoms with Gasteiger partial charge in [-0.3, -0.25) is 4.79 Å². The molecule has 1 aromatic rings. The molecule has 1 aliphatic rings. The van der Waals surface area contributed by atoms with Crippen molar-refractivity contribution in [2.45, 2.75) is 58.2 Å². The Morgan fingerprint density at radius 3 is 2.60 bits per heavy atom. The molecule has 0 atom stereocenters. The van der Waals surface area contributed by atoms with Crippen LogP contribution in [0.2, 0.25) is 0 Å². The molecule has 0 spiro atoms. The fourth-order valence-electron chi connectivity index (χ4n) is 2.34. The SMILES string of the molecule is CCCCCCCCC(=O)c1ccc(C2OCCO2)s1. The van der Waals surface area contributed by atoms with E-state index in [1.165, 1.54) is 43.4 Å². The van der Waals surface area contributed by atoms with Gasteiger partial charge in [0.25, 0.3) is 0 Å². The summed E-state index contributed by atoms with van der Waals surface area (Å²) < 4.78 is 10.9. The Morgan fingerprint density at radius 1 is 1.15 bits per heavy atom. The molecule has 4 heteroatoms. The first-order chi connectivity index (χ1) is 9.81. The van der Waals surface area contributed by atoms with Crippen LogP contribution in [-0.4, -0.2) is 19.0 Å². The Bertz CT molecular complexity index is 408. The van der Waals surface area contributed by atoms with Crippen LogP contribution in [0.5, 0.6) is 0 Å². The molecule has 2 heterocycles. The number of unbranched alkanes of at least 4 members (excludes halogenated alkanes) is 5. The molecule has 0 aliphatic carbocycles. The van der Waals surface area contributed by atoms with Gasteiger partial charge in [0.1, 0.15) is 0 Å². The highest BCUT2D eigenvalue weighted by Crippen LogP contribution is 2.30. The van der Waals surface area contributed by atoms with Crippen molar-refractivity contribution in [2.75, 3.05) is 13.2 Å². The summed E-state index contributed by atoms with van der Waals surface area (Å²) in [6, 6.07) is 3.86. The highest BCUT2D eigenvalue weighted by atomic mass is 32.1. The second kappa shape index (κ2) is 8.55. The topological polar surface area (TPSA) is 35.5 Å². The molecule has 20 heavy (non-hydrogen) atoms. The lowest BCUT2D eigenvalue weighted by molar-refractivity contribution is -0.0413. The minimum absolute atomic E-state index is 0.254. The van der Waals surface area contributed by atoms with Crippen LogP contribution < -0.4 is 0 Å². The van der Waals surface area contributed by atoms with Crippen LogP contribution in [0, 0.1) is 0 Å².